The van der Waals surface area contributed by atoms with Crippen LogP contribution in [0.5, 0.6) is 0 Å². The molecule has 2 heteroatoms. The highest BCUT2D eigenvalue weighted by molar-refractivity contribution is 5.73. The van der Waals surface area contributed by atoms with Gasteiger partial charge in [-0.2, -0.15) is 0 Å². The zero-order valence-electron chi connectivity index (χ0n) is 17.1. The highest BCUT2D eigenvalue weighted by atomic mass is 15.1. The second-order valence-electron chi connectivity index (χ2n) is 7.61. The van der Waals surface area contributed by atoms with Crippen molar-refractivity contribution in [1.82, 2.24) is 4.98 Å². The summed E-state index contributed by atoms with van der Waals surface area (Å²) < 4.78 is 2.40. The van der Waals surface area contributed by atoms with E-state index in [9.17, 15) is 0 Å². The third-order valence-corrected chi connectivity index (χ3v) is 6.20. The summed E-state index contributed by atoms with van der Waals surface area (Å²) in [4.78, 5) is 4.81. The summed E-state index contributed by atoms with van der Waals surface area (Å²) in [5.41, 5.74) is 5.16. The van der Waals surface area contributed by atoms with Crippen molar-refractivity contribution in [2.75, 3.05) is 0 Å². The lowest BCUT2D eigenvalue weighted by Gasteiger charge is -2.41. The van der Waals surface area contributed by atoms with Crippen molar-refractivity contribution < 1.29 is 4.57 Å². The second-order valence-corrected chi connectivity index (χ2v) is 7.61. The molecule has 2 nitrogen and oxygen atoms in total. The topological polar surface area (TPSA) is 16.8 Å². The summed E-state index contributed by atoms with van der Waals surface area (Å²) in [6.45, 7) is 6.83. The first kappa shape index (κ1) is 18.6. The lowest BCUT2D eigenvalue weighted by molar-refractivity contribution is -0.725. The van der Waals surface area contributed by atoms with Gasteiger partial charge in [0.1, 0.15) is 12.2 Å². The minimum absolute atomic E-state index is 0.00396. The van der Waals surface area contributed by atoms with Gasteiger partial charge < -0.3 is 0 Å². The first-order valence-electron chi connectivity index (χ1n) is 10.5. The van der Waals surface area contributed by atoms with Gasteiger partial charge in [-0.15, -0.1) is 0 Å². The maximum Gasteiger partial charge on any atom is 0.330 e. The molecule has 2 atom stereocenters. The van der Waals surface area contributed by atoms with Gasteiger partial charge in [-0.1, -0.05) is 75.4 Å². The van der Waals surface area contributed by atoms with E-state index in [4.69, 9.17) is 4.98 Å². The van der Waals surface area contributed by atoms with E-state index in [1.807, 2.05) is 6.20 Å². The first-order chi connectivity index (χ1) is 13.7. The Bertz CT molecular complexity index is 990. The lowest BCUT2D eigenvalue weighted by atomic mass is 9.66. The highest BCUT2D eigenvalue weighted by Crippen LogP contribution is 2.47. The molecule has 0 radical (unpaired) electrons. The fraction of sp³-hybridized carbons (Fsp3) is 0.308. The Hall–Kier alpha value is -2.74. The van der Waals surface area contributed by atoms with Gasteiger partial charge in [-0.3, -0.25) is 0 Å². The molecular weight excluding hydrogens is 340 g/mol. The molecule has 0 amide bonds. The maximum atomic E-state index is 4.81. The smallest absolute Gasteiger partial charge is 0.226 e. The van der Waals surface area contributed by atoms with Crippen molar-refractivity contribution in [2.45, 2.75) is 51.5 Å². The van der Waals surface area contributed by atoms with E-state index < -0.39 is 0 Å². The summed E-state index contributed by atoms with van der Waals surface area (Å²) in [6, 6.07) is 20.0. The molecule has 3 aromatic rings. The molecule has 0 N–H and O–H groups in total. The van der Waals surface area contributed by atoms with Crippen molar-refractivity contribution in [3.63, 3.8) is 0 Å². The minimum Gasteiger partial charge on any atom is -0.226 e. The third kappa shape index (κ3) is 2.88. The lowest BCUT2D eigenvalue weighted by Crippen LogP contribution is -2.55. The van der Waals surface area contributed by atoms with Crippen LogP contribution in [0.3, 0.4) is 0 Å². The molecule has 0 saturated carbocycles. The standard InChI is InChI=1S/C26H29N2/c1-4-7-16-26(6-3)23-15-14-21(20-12-9-8-10-13-20)19-22(23)25-27-17-11-18-28(25)24(26)5-2/h7-19,24H,4-6H2,1-3H3/q+1. The number of hydrogen-bond acceptors (Lipinski definition) is 1. The molecule has 1 aliphatic rings. The van der Waals surface area contributed by atoms with E-state index in [2.05, 4.69) is 98.3 Å². The van der Waals surface area contributed by atoms with E-state index in [0.29, 0.717) is 6.04 Å². The van der Waals surface area contributed by atoms with Crippen molar-refractivity contribution in [1.29, 1.82) is 0 Å². The summed E-state index contributed by atoms with van der Waals surface area (Å²) in [5.74, 6) is 1.08. The van der Waals surface area contributed by atoms with Gasteiger partial charge in [-0.05, 0) is 47.0 Å². The van der Waals surface area contributed by atoms with Crippen LogP contribution >= 0.6 is 0 Å². The van der Waals surface area contributed by atoms with Gasteiger partial charge in [0.2, 0.25) is 0 Å². The van der Waals surface area contributed by atoms with Gasteiger partial charge in [-0.25, -0.2) is 4.57 Å². The molecule has 142 valence electrons. The van der Waals surface area contributed by atoms with Crippen LogP contribution in [0.15, 0.2) is 79.1 Å². The Morgan fingerprint density at radius 3 is 2.54 bits per heavy atom. The summed E-state index contributed by atoms with van der Waals surface area (Å²) in [5, 5.41) is 0. The molecule has 28 heavy (non-hydrogen) atoms. The summed E-state index contributed by atoms with van der Waals surface area (Å²) >= 11 is 0. The largest absolute Gasteiger partial charge is 0.330 e. The van der Waals surface area contributed by atoms with Gasteiger partial charge >= 0.3 is 5.82 Å². The average Bonchev–Trinajstić information content (AvgIpc) is 2.77. The van der Waals surface area contributed by atoms with Crippen molar-refractivity contribution in [3.05, 3.63) is 84.7 Å². The molecule has 0 fully saturated rings. The summed E-state index contributed by atoms with van der Waals surface area (Å²) in [6.07, 6.45) is 12.1. The number of nitrogens with zero attached hydrogens (tertiary/aromatic N) is 2. The number of allylic oxidation sites excluding steroid dienone is 2. The molecule has 0 bridgehead atoms. The number of fused-ring (bicyclic) bond motifs is 3. The van der Waals surface area contributed by atoms with Crippen LogP contribution < -0.4 is 4.57 Å². The minimum atomic E-state index is -0.00396. The SMILES string of the molecule is CCC=CC1(CC)c2ccc(-c3ccccc3)cc2-c2nccc[n+]2C1CC. The molecule has 2 heterocycles. The number of rotatable bonds is 5. The highest BCUT2D eigenvalue weighted by Gasteiger charge is 2.47. The molecule has 4 rings (SSSR count). The van der Waals surface area contributed by atoms with E-state index in [-0.39, 0.29) is 5.41 Å². The normalized spacial score (nSPS) is 20.8. The van der Waals surface area contributed by atoms with Gasteiger partial charge in [0.15, 0.2) is 0 Å². The van der Waals surface area contributed by atoms with Crippen LogP contribution in [0, 0.1) is 0 Å². The first-order valence-corrected chi connectivity index (χ1v) is 10.5. The van der Waals surface area contributed by atoms with Crippen LogP contribution in [0.2, 0.25) is 0 Å². The average molecular weight is 370 g/mol. The Morgan fingerprint density at radius 2 is 1.82 bits per heavy atom. The van der Waals surface area contributed by atoms with Crippen LogP contribution in [0.4, 0.5) is 0 Å². The van der Waals surface area contributed by atoms with Gasteiger partial charge in [0.25, 0.3) is 0 Å². The van der Waals surface area contributed by atoms with Crippen molar-refractivity contribution in [3.8, 4) is 22.5 Å². The fourth-order valence-electron chi connectivity index (χ4n) is 4.85. The number of hydrogen-bond donors (Lipinski definition) is 0. The Morgan fingerprint density at radius 1 is 1.00 bits per heavy atom. The van der Waals surface area contributed by atoms with Crippen molar-refractivity contribution >= 4 is 0 Å². The maximum absolute atomic E-state index is 4.81. The number of benzene rings is 2. The van der Waals surface area contributed by atoms with Gasteiger partial charge in [0, 0.05) is 6.07 Å². The van der Waals surface area contributed by atoms with Crippen LogP contribution in [-0.2, 0) is 5.41 Å². The molecule has 2 aromatic carbocycles. The molecule has 0 spiro atoms. The zero-order chi connectivity index (χ0) is 19.6. The van der Waals surface area contributed by atoms with Crippen LogP contribution in [-0.4, -0.2) is 4.98 Å². The molecule has 1 aromatic heterocycles. The predicted octanol–water partition coefficient (Wildman–Crippen LogP) is 6.28. The Balaban J connectivity index is 2.00. The summed E-state index contributed by atoms with van der Waals surface area (Å²) in [7, 11) is 0. The third-order valence-electron chi connectivity index (χ3n) is 6.20. The second kappa shape index (κ2) is 7.71. The zero-order valence-corrected chi connectivity index (χ0v) is 17.1. The van der Waals surface area contributed by atoms with Crippen molar-refractivity contribution in [2.24, 2.45) is 0 Å². The Kier molecular flexibility index (Phi) is 5.13. The fourth-order valence-corrected chi connectivity index (χ4v) is 4.85. The molecular formula is C26H29N2+. The van der Waals surface area contributed by atoms with E-state index in [1.165, 1.54) is 22.3 Å². The predicted molar refractivity (Wildman–Crippen MR) is 116 cm³/mol. The molecule has 0 aliphatic carbocycles. The monoisotopic (exact) mass is 369 g/mol. The van der Waals surface area contributed by atoms with E-state index in [0.717, 1.165) is 25.1 Å². The quantitative estimate of drug-likeness (QED) is 0.382. The van der Waals surface area contributed by atoms with E-state index in [1.54, 1.807) is 0 Å². The molecule has 2 unspecified atom stereocenters. The van der Waals surface area contributed by atoms with E-state index >= 15 is 0 Å². The van der Waals surface area contributed by atoms with Crippen LogP contribution in [0.25, 0.3) is 22.5 Å². The van der Waals surface area contributed by atoms with Crippen LogP contribution in [0.1, 0.15) is 51.6 Å². The molecule has 1 aliphatic heterocycles. The van der Waals surface area contributed by atoms with Gasteiger partial charge in [0.05, 0.1) is 17.2 Å². The number of aromatic nitrogens is 2. The molecule has 0 saturated heterocycles. The Labute approximate surface area is 168 Å².